The molecule has 1 aliphatic heterocycles. The molecule has 0 saturated carbocycles. The lowest BCUT2D eigenvalue weighted by Crippen LogP contribution is -2.49. The molecule has 1 fully saturated rings. The van der Waals surface area contributed by atoms with E-state index in [9.17, 15) is 14.9 Å². The van der Waals surface area contributed by atoms with Crippen molar-refractivity contribution in [3.63, 3.8) is 0 Å². The fourth-order valence-electron chi connectivity index (χ4n) is 3.38. The molecule has 144 valence electrons. The predicted octanol–water partition coefficient (Wildman–Crippen LogP) is 2.41. The first kappa shape index (κ1) is 19.3. The number of hydrogen-bond donors (Lipinski definition) is 0. The van der Waals surface area contributed by atoms with Gasteiger partial charge < -0.3 is 4.90 Å². The van der Waals surface area contributed by atoms with E-state index in [2.05, 4.69) is 10.00 Å². The van der Waals surface area contributed by atoms with Gasteiger partial charge in [0.05, 0.1) is 4.92 Å². The summed E-state index contributed by atoms with van der Waals surface area (Å²) in [5.41, 5.74) is 1.87. The van der Waals surface area contributed by atoms with E-state index in [1.54, 1.807) is 18.7 Å². The zero-order valence-electron chi connectivity index (χ0n) is 15.4. The molecule has 2 aromatic rings. The molecule has 27 heavy (non-hydrogen) atoms. The molecule has 1 saturated heterocycles. The number of benzene rings is 1. The summed E-state index contributed by atoms with van der Waals surface area (Å²) in [5.74, 6) is -0.0714. The van der Waals surface area contributed by atoms with Crippen LogP contribution in [0.15, 0.2) is 24.3 Å². The number of carbonyl (C=O) groups is 1. The van der Waals surface area contributed by atoms with E-state index in [1.165, 1.54) is 4.68 Å². The maximum Gasteiger partial charge on any atom is 0.312 e. The van der Waals surface area contributed by atoms with Crippen LogP contribution < -0.4 is 0 Å². The van der Waals surface area contributed by atoms with Gasteiger partial charge in [0.25, 0.3) is 0 Å². The van der Waals surface area contributed by atoms with Gasteiger partial charge >= 0.3 is 5.69 Å². The van der Waals surface area contributed by atoms with Crippen LogP contribution in [-0.2, 0) is 17.9 Å². The highest BCUT2D eigenvalue weighted by Crippen LogP contribution is 2.22. The Morgan fingerprint density at radius 2 is 1.96 bits per heavy atom. The second-order valence-corrected chi connectivity index (χ2v) is 7.16. The fraction of sp³-hybridized carbons (Fsp3) is 0.444. The number of rotatable bonds is 5. The van der Waals surface area contributed by atoms with Gasteiger partial charge in [-0.05, 0) is 31.5 Å². The first-order valence-electron chi connectivity index (χ1n) is 8.78. The molecule has 0 bridgehead atoms. The molecule has 0 spiro atoms. The molecule has 3 rings (SSSR count). The average molecular weight is 392 g/mol. The maximum absolute atomic E-state index is 12.6. The molecule has 1 aromatic heterocycles. The van der Waals surface area contributed by atoms with Crippen LogP contribution in [0.5, 0.6) is 0 Å². The van der Waals surface area contributed by atoms with Gasteiger partial charge in [-0.15, -0.1) is 0 Å². The molecule has 1 aromatic carbocycles. The zero-order valence-corrected chi connectivity index (χ0v) is 16.1. The van der Waals surface area contributed by atoms with E-state index in [0.717, 1.165) is 30.2 Å². The quantitative estimate of drug-likeness (QED) is 0.577. The van der Waals surface area contributed by atoms with E-state index in [1.807, 2.05) is 24.3 Å². The van der Waals surface area contributed by atoms with Crippen molar-refractivity contribution in [1.29, 1.82) is 0 Å². The molecule has 0 N–H and O–H groups in total. The van der Waals surface area contributed by atoms with Crippen LogP contribution in [0.3, 0.4) is 0 Å². The smallest absolute Gasteiger partial charge is 0.312 e. The molecule has 2 heterocycles. The van der Waals surface area contributed by atoms with Crippen LogP contribution in [-0.4, -0.2) is 56.6 Å². The summed E-state index contributed by atoms with van der Waals surface area (Å²) < 4.78 is 1.42. The highest BCUT2D eigenvalue weighted by Gasteiger charge is 2.26. The Kier molecular flexibility index (Phi) is 5.76. The van der Waals surface area contributed by atoms with Gasteiger partial charge in [-0.1, -0.05) is 23.7 Å². The Morgan fingerprint density at radius 1 is 1.26 bits per heavy atom. The van der Waals surface area contributed by atoms with Crippen LogP contribution in [0.4, 0.5) is 5.69 Å². The topological polar surface area (TPSA) is 84.5 Å². The molecular formula is C18H22ClN5O3. The Morgan fingerprint density at radius 3 is 2.56 bits per heavy atom. The minimum atomic E-state index is -0.451. The Hall–Kier alpha value is -2.45. The highest BCUT2D eigenvalue weighted by atomic mass is 35.5. The first-order chi connectivity index (χ1) is 12.8. The summed E-state index contributed by atoms with van der Waals surface area (Å²) in [4.78, 5) is 27.3. The minimum Gasteiger partial charge on any atom is -0.339 e. The number of hydrogen-bond acceptors (Lipinski definition) is 5. The number of halogens is 1. The van der Waals surface area contributed by atoms with Crippen LogP contribution in [0.25, 0.3) is 0 Å². The van der Waals surface area contributed by atoms with Crippen molar-refractivity contribution in [2.75, 3.05) is 26.2 Å². The Labute approximate surface area is 162 Å². The van der Waals surface area contributed by atoms with Gasteiger partial charge in [0.2, 0.25) is 5.91 Å². The zero-order chi connectivity index (χ0) is 19.6. The standard InChI is InChI=1S/C18H22ClN5O3/c1-13-18(24(26)27)14(2)23(20-13)12-17(25)22-8-6-21(7-9-22)11-15-4-3-5-16(19)10-15/h3-5,10H,6-9,11-12H2,1-2H3. The van der Waals surface area contributed by atoms with E-state index >= 15 is 0 Å². The summed E-state index contributed by atoms with van der Waals surface area (Å²) in [6, 6.07) is 7.78. The van der Waals surface area contributed by atoms with Crippen molar-refractivity contribution < 1.29 is 9.72 Å². The number of amides is 1. The molecule has 0 atom stereocenters. The summed E-state index contributed by atoms with van der Waals surface area (Å²) in [5, 5.41) is 16.0. The largest absolute Gasteiger partial charge is 0.339 e. The third-order valence-corrected chi connectivity index (χ3v) is 5.07. The second-order valence-electron chi connectivity index (χ2n) is 6.72. The van der Waals surface area contributed by atoms with Crippen molar-refractivity contribution in [3.05, 3.63) is 56.4 Å². The Balaban J connectivity index is 1.56. The van der Waals surface area contributed by atoms with Crippen molar-refractivity contribution >= 4 is 23.2 Å². The van der Waals surface area contributed by atoms with E-state index in [0.29, 0.717) is 24.5 Å². The van der Waals surface area contributed by atoms with Gasteiger partial charge in [-0.3, -0.25) is 24.5 Å². The third-order valence-electron chi connectivity index (χ3n) is 4.83. The van der Waals surface area contributed by atoms with Crippen LogP contribution in [0.2, 0.25) is 5.02 Å². The minimum absolute atomic E-state index is 0.0193. The summed E-state index contributed by atoms with van der Waals surface area (Å²) in [7, 11) is 0. The second kappa shape index (κ2) is 8.06. The number of piperazine rings is 1. The average Bonchev–Trinajstić information content (AvgIpc) is 2.89. The molecular weight excluding hydrogens is 370 g/mol. The number of aryl methyl sites for hydroxylation is 1. The predicted molar refractivity (Wildman–Crippen MR) is 102 cm³/mol. The molecule has 0 aliphatic carbocycles. The van der Waals surface area contributed by atoms with Crippen molar-refractivity contribution in [2.24, 2.45) is 0 Å². The van der Waals surface area contributed by atoms with E-state index < -0.39 is 4.92 Å². The summed E-state index contributed by atoms with van der Waals surface area (Å²) >= 11 is 6.03. The SMILES string of the molecule is Cc1nn(CC(=O)N2CCN(Cc3cccc(Cl)c3)CC2)c(C)c1[N+](=O)[O-]. The van der Waals surface area contributed by atoms with Gasteiger partial charge in [0.15, 0.2) is 0 Å². The number of aromatic nitrogens is 2. The van der Waals surface area contributed by atoms with E-state index in [-0.39, 0.29) is 18.1 Å². The lowest BCUT2D eigenvalue weighted by molar-refractivity contribution is -0.386. The first-order valence-corrected chi connectivity index (χ1v) is 9.16. The molecule has 1 amide bonds. The van der Waals surface area contributed by atoms with Gasteiger partial charge in [0, 0.05) is 37.7 Å². The number of nitro groups is 1. The van der Waals surface area contributed by atoms with Crippen molar-refractivity contribution in [3.8, 4) is 0 Å². The van der Waals surface area contributed by atoms with Crippen molar-refractivity contribution in [1.82, 2.24) is 19.6 Å². The van der Waals surface area contributed by atoms with Gasteiger partial charge in [0.1, 0.15) is 17.9 Å². The highest BCUT2D eigenvalue weighted by molar-refractivity contribution is 6.30. The maximum atomic E-state index is 12.6. The van der Waals surface area contributed by atoms with Crippen LogP contribution in [0, 0.1) is 24.0 Å². The lowest BCUT2D eigenvalue weighted by Gasteiger charge is -2.34. The Bertz CT molecular complexity index is 859. The molecule has 9 heteroatoms. The van der Waals surface area contributed by atoms with Crippen LogP contribution >= 0.6 is 11.6 Å². The van der Waals surface area contributed by atoms with E-state index in [4.69, 9.17) is 11.6 Å². The molecule has 0 radical (unpaired) electrons. The summed E-state index contributed by atoms with van der Waals surface area (Å²) in [6.07, 6.45) is 0. The van der Waals surface area contributed by atoms with Gasteiger partial charge in [-0.25, -0.2) is 0 Å². The fourth-order valence-corrected chi connectivity index (χ4v) is 3.60. The van der Waals surface area contributed by atoms with Gasteiger partial charge in [-0.2, -0.15) is 5.10 Å². The lowest BCUT2D eigenvalue weighted by atomic mass is 10.2. The van der Waals surface area contributed by atoms with Crippen molar-refractivity contribution in [2.45, 2.75) is 26.9 Å². The monoisotopic (exact) mass is 391 g/mol. The molecule has 1 aliphatic rings. The third kappa shape index (κ3) is 4.45. The number of carbonyl (C=O) groups excluding carboxylic acids is 1. The summed E-state index contributed by atoms with van der Waals surface area (Å²) in [6.45, 7) is 6.82. The molecule has 8 nitrogen and oxygen atoms in total. The van der Waals surface area contributed by atoms with Crippen LogP contribution in [0.1, 0.15) is 17.0 Å². The molecule has 0 unspecified atom stereocenters. The number of nitrogens with zero attached hydrogens (tertiary/aromatic N) is 5. The normalized spacial score (nSPS) is 15.1.